The summed E-state index contributed by atoms with van der Waals surface area (Å²) in [5.41, 5.74) is 3.87. The number of carbonyl (C=O) groups is 1. The highest BCUT2D eigenvalue weighted by atomic mass is 16.5. The Morgan fingerprint density at radius 1 is 1.10 bits per heavy atom. The highest BCUT2D eigenvalue weighted by Gasteiger charge is 2.25. The van der Waals surface area contributed by atoms with Gasteiger partial charge in [-0.15, -0.1) is 0 Å². The first-order chi connectivity index (χ1) is 15.3. The Morgan fingerprint density at radius 3 is 2.90 bits per heavy atom. The molecule has 1 aliphatic heterocycles. The van der Waals surface area contributed by atoms with Gasteiger partial charge in [-0.3, -0.25) is 4.79 Å². The van der Waals surface area contributed by atoms with Crippen LogP contribution in [0.2, 0.25) is 0 Å². The number of hydrogen-bond donors (Lipinski definition) is 0. The number of fused-ring (bicyclic) bond motifs is 1. The molecule has 6 heteroatoms. The summed E-state index contributed by atoms with van der Waals surface area (Å²) < 4.78 is 13.4. The summed E-state index contributed by atoms with van der Waals surface area (Å²) >= 11 is 0. The third kappa shape index (κ3) is 4.25. The Morgan fingerprint density at radius 2 is 2.00 bits per heavy atom. The first-order valence-electron chi connectivity index (χ1n) is 10.6. The number of carbonyl (C=O) groups excluding carboxylic acids is 1. The molecule has 6 nitrogen and oxygen atoms in total. The van der Waals surface area contributed by atoms with Crippen LogP contribution in [0.5, 0.6) is 0 Å². The van der Waals surface area contributed by atoms with Crippen LogP contribution in [0.3, 0.4) is 0 Å². The second-order valence-electron chi connectivity index (χ2n) is 8.04. The van der Waals surface area contributed by atoms with Gasteiger partial charge in [-0.1, -0.05) is 30.3 Å². The van der Waals surface area contributed by atoms with E-state index in [9.17, 15) is 4.79 Å². The molecule has 1 fully saturated rings. The van der Waals surface area contributed by atoms with Crippen LogP contribution in [0.4, 0.5) is 0 Å². The molecule has 158 valence electrons. The van der Waals surface area contributed by atoms with Crippen molar-refractivity contribution >= 4 is 16.9 Å². The normalized spacial score (nSPS) is 17.0. The number of aromatic nitrogens is 2. The molecule has 0 N–H and O–H groups in total. The lowest BCUT2D eigenvalue weighted by molar-refractivity contribution is 0.0736. The zero-order chi connectivity index (χ0) is 21.0. The zero-order valence-electron chi connectivity index (χ0n) is 17.3. The standard InChI is InChI=1S/C25H25N3O3/c29-25(23-6-2-1-4-21(23)16-27-10-9-26-18-27)28-11-13-30-17-19(15-28)14-20-5-3-7-24-22(20)8-12-31-24/h1-10,12,18-19H,11,13-17H2/t19-/m0/s1. The van der Waals surface area contributed by atoms with Gasteiger partial charge >= 0.3 is 0 Å². The summed E-state index contributed by atoms with van der Waals surface area (Å²) in [4.78, 5) is 19.6. The van der Waals surface area contributed by atoms with E-state index in [4.69, 9.17) is 9.15 Å². The molecule has 0 bridgehead atoms. The molecule has 1 amide bonds. The number of nitrogens with zero attached hydrogens (tertiary/aromatic N) is 3. The van der Waals surface area contributed by atoms with Crippen molar-refractivity contribution in [3.8, 4) is 0 Å². The second kappa shape index (κ2) is 8.78. The van der Waals surface area contributed by atoms with E-state index in [-0.39, 0.29) is 11.8 Å². The van der Waals surface area contributed by atoms with E-state index in [2.05, 4.69) is 11.1 Å². The van der Waals surface area contributed by atoms with Gasteiger partial charge in [0.15, 0.2) is 0 Å². The lowest BCUT2D eigenvalue weighted by Gasteiger charge is -2.25. The fourth-order valence-electron chi connectivity index (χ4n) is 4.35. The lowest BCUT2D eigenvalue weighted by Crippen LogP contribution is -2.37. The van der Waals surface area contributed by atoms with Crippen molar-refractivity contribution in [2.24, 2.45) is 5.92 Å². The summed E-state index contributed by atoms with van der Waals surface area (Å²) in [5.74, 6) is 0.292. The van der Waals surface area contributed by atoms with Gasteiger partial charge in [0, 0.05) is 48.9 Å². The molecule has 2 aromatic heterocycles. The van der Waals surface area contributed by atoms with Gasteiger partial charge in [0.05, 0.1) is 25.8 Å². The van der Waals surface area contributed by atoms with Crippen LogP contribution in [0.1, 0.15) is 21.5 Å². The fourth-order valence-corrected chi connectivity index (χ4v) is 4.35. The molecular weight excluding hydrogens is 390 g/mol. The molecule has 1 aliphatic rings. The molecule has 1 saturated heterocycles. The largest absolute Gasteiger partial charge is 0.464 e. The van der Waals surface area contributed by atoms with E-state index in [0.717, 1.165) is 28.5 Å². The summed E-state index contributed by atoms with van der Waals surface area (Å²) in [7, 11) is 0. The van der Waals surface area contributed by atoms with Gasteiger partial charge in [-0.25, -0.2) is 4.98 Å². The number of benzene rings is 2. The van der Waals surface area contributed by atoms with Gasteiger partial charge in [-0.05, 0) is 35.7 Å². The minimum absolute atomic E-state index is 0.0627. The molecule has 0 saturated carbocycles. The van der Waals surface area contributed by atoms with Gasteiger partial charge in [0.25, 0.3) is 5.91 Å². The third-order valence-corrected chi connectivity index (χ3v) is 5.88. The van der Waals surface area contributed by atoms with Crippen LogP contribution in [0.25, 0.3) is 11.0 Å². The Bertz CT molecular complexity index is 1170. The number of amides is 1. The van der Waals surface area contributed by atoms with E-state index in [0.29, 0.717) is 32.8 Å². The number of ether oxygens (including phenoxy) is 1. The van der Waals surface area contributed by atoms with E-state index >= 15 is 0 Å². The minimum Gasteiger partial charge on any atom is -0.464 e. The molecule has 1 atom stereocenters. The van der Waals surface area contributed by atoms with Gasteiger partial charge in [0.2, 0.25) is 0 Å². The maximum atomic E-state index is 13.5. The van der Waals surface area contributed by atoms with Crippen molar-refractivity contribution in [3.05, 3.63) is 90.2 Å². The van der Waals surface area contributed by atoms with E-state index in [1.165, 1.54) is 5.56 Å². The lowest BCUT2D eigenvalue weighted by atomic mass is 9.96. The monoisotopic (exact) mass is 415 g/mol. The Balaban J connectivity index is 1.35. The molecular formula is C25H25N3O3. The second-order valence-corrected chi connectivity index (χ2v) is 8.04. The molecule has 0 unspecified atom stereocenters. The van der Waals surface area contributed by atoms with Crippen molar-refractivity contribution in [1.29, 1.82) is 0 Å². The molecule has 31 heavy (non-hydrogen) atoms. The Kier molecular flexibility index (Phi) is 5.54. The Labute approximate surface area is 181 Å². The van der Waals surface area contributed by atoms with Crippen LogP contribution in [-0.2, 0) is 17.7 Å². The van der Waals surface area contributed by atoms with Crippen LogP contribution in [0, 0.1) is 5.92 Å². The van der Waals surface area contributed by atoms with Crippen molar-refractivity contribution in [1.82, 2.24) is 14.5 Å². The smallest absolute Gasteiger partial charge is 0.254 e. The average molecular weight is 415 g/mol. The maximum Gasteiger partial charge on any atom is 0.254 e. The SMILES string of the molecule is O=C(c1ccccc1Cn1ccnc1)N1CCOC[C@@H](Cc2cccc3occc23)C1. The molecule has 0 aliphatic carbocycles. The maximum absolute atomic E-state index is 13.5. The van der Waals surface area contributed by atoms with E-state index in [1.807, 2.05) is 58.1 Å². The third-order valence-electron chi connectivity index (χ3n) is 5.88. The van der Waals surface area contributed by atoms with Crippen LogP contribution < -0.4 is 0 Å². The van der Waals surface area contributed by atoms with Gasteiger partial charge in [0.1, 0.15) is 5.58 Å². The van der Waals surface area contributed by atoms with E-state index < -0.39 is 0 Å². The first-order valence-corrected chi connectivity index (χ1v) is 10.6. The van der Waals surface area contributed by atoms with Gasteiger partial charge < -0.3 is 18.6 Å². The van der Waals surface area contributed by atoms with Crippen molar-refractivity contribution in [2.75, 3.05) is 26.3 Å². The summed E-state index contributed by atoms with van der Waals surface area (Å²) in [6.07, 6.45) is 8.00. The summed E-state index contributed by atoms with van der Waals surface area (Å²) in [6, 6.07) is 16.0. The number of hydrogen-bond acceptors (Lipinski definition) is 4. The van der Waals surface area contributed by atoms with Crippen molar-refractivity contribution in [2.45, 2.75) is 13.0 Å². The quantitative estimate of drug-likeness (QED) is 0.494. The molecule has 2 aromatic carbocycles. The molecule has 0 spiro atoms. The zero-order valence-corrected chi connectivity index (χ0v) is 17.3. The van der Waals surface area contributed by atoms with Gasteiger partial charge in [-0.2, -0.15) is 0 Å². The Hall–Kier alpha value is -3.38. The topological polar surface area (TPSA) is 60.5 Å². The summed E-state index contributed by atoms with van der Waals surface area (Å²) in [6.45, 7) is 3.10. The number of furan rings is 1. The molecule has 0 radical (unpaired) electrons. The molecule has 5 rings (SSSR count). The predicted molar refractivity (Wildman–Crippen MR) is 118 cm³/mol. The van der Waals surface area contributed by atoms with Crippen LogP contribution in [-0.4, -0.2) is 46.7 Å². The number of imidazole rings is 1. The highest BCUT2D eigenvalue weighted by molar-refractivity contribution is 5.95. The predicted octanol–water partition coefficient (Wildman–Crippen LogP) is 4.01. The van der Waals surface area contributed by atoms with Crippen LogP contribution in [0.15, 0.2) is 77.9 Å². The average Bonchev–Trinajstić information content (AvgIpc) is 3.43. The van der Waals surface area contributed by atoms with E-state index in [1.54, 1.807) is 18.8 Å². The molecule has 4 aromatic rings. The minimum atomic E-state index is 0.0627. The van der Waals surface area contributed by atoms with Crippen molar-refractivity contribution in [3.63, 3.8) is 0 Å². The first kappa shape index (κ1) is 19.6. The molecule has 3 heterocycles. The number of rotatable bonds is 5. The summed E-state index contributed by atoms with van der Waals surface area (Å²) in [5, 5.41) is 1.13. The highest BCUT2D eigenvalue weighted by Crippen LogP contribution is 2.24. The fraction of sp³-hybridized carbons (Fsp3) is 0.280. The van der Waals surface area contributed by atoms with Crippen LogP contribution >= 0.6 is 0 Å². The van der Waals surface area contributed by atoms with Crippen molar-refractivity contribution < 1.29 is 13.9 Å².